The SMILES string of the molecule is Cc1cc(Cl)cc2c1CC1=C2CCCC1C(N)=O. The summed E-state index contributed by atoms with van der Waals surface area (Å²) in [5.74, 6) is -0.252. The molecule has 0 radical (unpaired) electrons. The molecule has 0 heterocycles. The highest BCUT2D eigenvalue weighted by molar-refractivity contribution is 6.30. The van der Waals surface area contributed by atoms with Crippen LogP contribution in [0.1, 0.15) is 36.0 Å². The predicted octanol–water partition coefficient (Wildman–Crippen LogP) is 3.24. The van der Waals surface area contributed by atoms with Crippen LogP contribution < -0.4 is 5.73 Å². The van der Waals surface area contributed by atoms with Crippen LogP contribution in [-0.2, 0) is 11.2 Å². The van der Waals surface area contributed by atoms with E-state index in [1.165, 1.54) is 27.8 Å². The van der Waals surface area contributed by atoms with E-state index in [0.29, 0.717) is 0 Å². The Hall–Kier alpha value is -1.28. The summed E-state index contributed by atoms with van der Waals surface area (Å²) in [5.41, 5.74) is 11.9. The van der Waals surface area contributed by atoms with Gasteiger partial charge in [0.05, 0.1) is 5.92 Å². The van der Waals surface area contributed by atoms with Crippen LogP contribution >= 0.6 is 11.6 Å². The summed E-state index contributed by atoms with van der Waals surface area (Å²) in [6.07, 6.45) is 3.86. The number of primary amides is 1. The standard InChI is InChI=1S/C15H16ClNO/c1-8-5-9(16)6-13-10-3-2-4-11(15(17)18)14(10)7-12(8)13/h5-6,11H,2-4,7H2,1H3,(H2,17,18). The second-order valence-corrected chi connectivity index (χ2v) is 5.71. The van der Waals surface area contributed by atoms with Gasteiger partial charge in [-0.1, -0.05) is 11.6 Å². The van der Waals surface area contributed by atoms with Gasteiger partial charge >= 0.3 is 0 Å². The summed E-state index contributed by atoms with van der Waals surface area (Å²) >= 11 is 6.14. The van der Waals surface area contributed by atoms with Crippen molar-refractivity contribution in [2.75, 3.05) is 0 Å². The van der Waals surface area contributed by atoms with E-state index < -0.39 is 0 Å². The Kier molecular flexibility index (Phi) is 2.70. The summed E-state index contributed by atoms with van der Waals surface area (Å²) in [6.45, 7) is 2.09. The molecule has 94 valence electrons. The summed E-state index contributed by atoms with van der Waals surface area (Å²) in [7, 11) is 0. The van der Waals surface area contributed by atoms with Gasteiger partial charge in [0.15, 0.2) is 0 Å². The molecule has 3 heteroatoms. The maximum atomic E-state index is 11.6. The first-order valence-corrected chi connectivity index (χ1v) is 6.76. The summed E-state index contributed by atoms with van der Waals surface area (Å²) in [5, 5.41) is 0.779. The van der Waals surface area contributed by atoms with E-state index in [2.05, 4.69) is 6.92 Å². The van der Waals surface area contributed by atoms with Gasteiger partial charge in [-0.05, 0) is 72.6 Å². The number of rotatable bonds is 1. The van der Waals surface area contributed by atoms with E-state index in [4.69, 9.17) is 17.3 Å². The number of carbonyl (C=O) groups is 1. The van der Waals surface area contributed by atoms with Crippen LogP contribution in [-0.4, -0.2) is 5.91 Å². The number of carbonyl (C=O) groups excluding carboxylic acids is 1. The summed E-state index contributed by atoms with van der Waals surface area (Å²) in [4.78, 5) is 11.6. The number of hydrogen-bond acceptors (Lipinski definition) is 1. The molecular formula is C15H16ClNO. The topological polar surface area (TPSA) is 43.1 Å². The number of amides is 1. The van der Waals surface area contributed by atoms with Crippen molar-refractivity contribution in [2.45, 2.75) is 32.6 Å². The Labute approximate surface area is 112 Å². The smallest absolute Gasteiger partial charge is 0.224 e. The predicted molar refractivity (Wildman–Crippen MR) is 73.3 cm³/mol. The van der Waals surface area contributed by atoms with Gasteiger partial charge in [-0.3, -0.25) is 4.79 Å². The van der Waals surface area contributed by atoms with Crippen molar-refractivity contribution in [1.82, 2.24) is 0 Å². The third-order valence-corrected chi connectivity index (χ3v) is 4.42. The first kappa shape index (κ1) is 11.8. The van der Waals surface area contributed by atoms with Gasteiger partial charge in [-0.15, -0.1) is 0 Å². The van der Waals surface area contributed by atoms with Gasteiger partial charge in [0.25, 0.3) is 0 Å². The molecule has 2 nitrogen and oxygen atoms in total. The van der Waals surface area contributed by atoms with Crippen molar-refractivity contribution >= 4 is 23.1 Å². The Morgan fingerprint density at radius 2 is 2.22 bits per heavy atom. The molecular weight excluding hydrogens is 246 g/mol. The molecule has 0 spiro atoms. The van der Waals surface area contributed by atoms with Crippen molar-refractivity contribution in [2.24, 2.45) is 11.7 Å². The highest BCUT2D eigenvalue weighted by atomic mass is 35.5. The molecule has 1 atom stereocenters. The minimum atomic E-state index is -0.182. The average Bonchev–Trinajstić information content (AvgIpc) is 2.68. The van der Waals surface area contributed by atoms with Gasteiger partial charge in [0.2, 0.25) is 5.91 Å². The molecule has 1 aromatic carbocycles. The zero-order chi connectivity index (χ0) is 12.9. The van der Waals surface area contributed by atoms with Crippen LogP contribution in [0.3, 0.4) is 0 Å². The lowest BCUT2D eigenvalue weighted by atomic mass is 9.82. The van der Waals surface area contributed by atoms with Crippen molar-refractivity contribution in [3.05, 3.63) is 39.4 Å². The minimum Gasteiger partial charge on any atom is -0.369 e. The summed E-state index contributed by atoms with van der Waals surface area (Å²) in [6, 6.07) is 4.04. The molecule has 0 saturated carbocycles. The maximum absolute atomic E-state index is 11.6. The number of benzene rings is 1. The molecule has 0 aliphatic heterocycles. The summed E-state index contributed by atoms with van der Waals surface area (Å²) < 4.78 is 0. The number of aryl methyl sites for hydroxylation is 1. The first-order valence-electron chi connectivity index (χ1n) is 6.38. The molecule has 0 saturated heterocycles. The Bertz CT molecular complexity index is 574. The van der Waals surface area contributed by atoms with Crippen molar-refractivity contribution < 1.29 is 4.79 Å². The fraction of sp³-hybridized carbons (Fsp3) is 0.400. The molecule has 1 aromatic rings. The molecule has 2 N–H and O–H groups in total. The molecule has 1 unspecified atom stereocenters. The largest absolute Gasteiger partial charge is 0.369 e. The number of fused-ring (bicyclic) bond motifs is 2. The monoisotopic (exact) mass is 261 g/mol. The van der Waals surface area contributed by atoms with Gasteiger partial charge in [-0.2, -0.15) is 0 Å². The molecule has 0 bridgehead atoms. The van der Waals surface area contributed by atoms with E-state index in [9.17, 15) is 4.79 Å². The van der Waals surface area contributed by atoms with Crippen molar-refractivity contribution in [3.8, 4) is 0 Å². The van der Waals surface area contributed by atoms with Crippen LogP contribution in [0.4, 0.5) is 0 Å². The zero-order valence-electron chi connectivity index (χ0n) is 10.4. The third kappa shape index (κ3) is 1.67. The number of nitrogens with two attached hydrogens (primary N) is 1. The zero-order valence-corrected chi connectivity index (χ0v) is 11.2. The molecule has 2 aliphatic carbocycles. The lowest BCUT2D eigenvalue weighted by Gasteiger charge is -2.22. The third-order valence-electron chi connectivity index (χ3n) is 4.20. The maximum Gasteiger partial charge on any atom is 0.224 e. The van der Waals surface area contributed by atoms with Gasteiger partial charge in [-0.25, -0.2) is 0 Å². The van der Waals surface area contributed by atoms with E-state index in [-0.39, 0.29) is 11.8 Å². The minimum absolute atomic E-state index is 0.0701. The molecule has 1 amide bonds. The first-order chi connectivity index (χ1) is 8.58. The lowest BCUT2D eigenvalue weighted by molar-refractivity contribution is -0.121. The fourth-order valence-corrected chi connectivity index (χ4v) is 3.62. The average molecular weight is 262 g/mol. The van der Waals surface area contributed by atoms with E-state index in [1.54, 1.807) is 0 Å². The number of hydrogen-bond donors (Lipinski definition) is 1. The number of halogens is 1. The normalized spacial score (nSPS) is 21.8. The van der Waals surface area contributed by atoms with Gasteiger partial charge < -0.3 is 5.73 Å². The van der Waals surface area contributed by atoms with Gasteiger partial charge in [0.1, 0.15) is 0 Å². The second kappa shape index (κ2) is 4.13. The van der Waals surface area contributed by atoms with E-state index in [0.717, 1.165) is 30.7 Å². The van der Waals surface area contributed by atoms with Crippen LogP contribution in [0.25, 0.3) is 5.57 Å². The van der Waals surface area contributed by atoms with Crippen LogP contribution in [0.15, 0.2) is 17.7 Å². The van der Waals surface area contributed by atoms with E-state index >= 15 is 0 Å². The van der Waals surface area contributed by atoms with Gasteiger partial charge in [0, 0.05) is 5.02 Å². The van der Waals surface area contributed by atoms with Crippen molar-refractivity contribution in [1.29, 1.82) is 0 Å². The molecule has 18 heavy (non-hydrogen) atoms. The quantitative estimate of drug-likeness (QED) is 0.829. The van der Waals surface area contributed by atoms with Crippen LogP contribution in [0.5, 0.6) is 0 Å². The highest BCUT2D eigenvalue weighted by Gasteiger charge is 2.33. The molecule has 2 aliphatic rings. The van der Waals surface area contributed by atoms with Crippen LogP contribution in [0, 0.1) is 12.8 Å². The number of allylic oxidation sites excluding steroid dienone is 1. The Balaban J connectivity index is 2.13. The Morgan fingerprint density at radius 3 is 2.94 bits per heavy atom. The molecule has 0 fully saturated rings. The Morgan fingerprint density at radius 1 is 1.44 bits per heavy atom. The van der Waals surface area contributed by atoms with Crippen LogP contribution in [0.2, 0.25) is 5.02 Å². The lowest BCUT2D eigenvalue weighted by Crippen LogP contribution is -2.27. The molecule has 0 aromatic heterocycles. The fourth-order valence-electron chi connectivity index (χ4n) is 3.35. The van der Waals surface area contributed by atoms with E-state index in [1.807, 2.05) is 12.1 Å². The second-order valence-electron chi connectivity index (χ2n) is 5.28. The highest BCUT2D eigenvalue weighted by Crippen LogP contribution is 2.45. The molecule has 3 rings (SSSR count). The van der Waals surface area contributed by atoms with Crippen molar-refractivity contribution in [3.63, 3.8) is 0 Å².